The first-order chi connectivity index (χ1) is 11.7. The van der Waals surface area contributed by atoms with Gasteiger partial charge in [0.2, 0.25) is 0 Å². The molecule has 0 heteroatoms. The van der Waals surface area contributed by atoms with E-state index in [2.05, 4.69) is 86.6 Å². The summed E-state index contributed by atoms with van der Waals surface area (Å²) in [5.41, 5.74) is 4.98. The SMILES string of the molecule is Cc1[c]c(C)c(-c2ccc3ccc4cccc5ccc2c3c45)cc1. The van der Waals surface area contributed by atoms with E-state index < -0.39 is 0 Å². The van der Waals surface area contributed by atoms with Crippen molar-refractivity contribution in [3.63, 3.8) is 0 Å². The van der Waals surface area contributed by atoms with Crippen LogP contribution < -0.4 is 0 Å². The molecule has 0 aromatic heterocycles. The molecule has 0 spiro atoms. The standard InChI is InChI=1S/C24H17/c1-15-6-11-20(16(2)14-15)21-12-9-19-8-7-17-4-3-5-18-10-13-22(21)24(19)23(17)18/h3-13H,1-2H3. The van der Waals surface area contributed by atoms with Gasteiger partial charge in [-0.15, -0.1) is 0 Å². The molecule has 5 aromatic carbocycles. The van der Waals surface area contributed by atoms with E-state index in [9.17, 15) is 0 Å². The fraction of sp³-hybridized carbons (Fsp3) is 0.0833. The lowest BCUT2D eigenvalue weighted by Gasteiger charge is -2.15. The molecule has 0 fully saturated rings. The Hall–Kier alpha value is -2.86. The first-order valence-corrected chi connectivity index (χ1v) is 8.39. The van der Waals surface area contributed by atoms with Crippen molar-refractivity contribution in [2.45, 2.75) is 13.8 Å². The average molecular weight is 305 g/mol. The Labute approximate surface area is 141 Å². The van der Waals surface area contributed by atoms with Gasteiger partial charge in [-0.25, -0.2) is 0 Å². The zero-order chi connectivity index (χ0) is 16.3. The highest BCUT2D eigenvalue weighted by atomic mass is 14.2. The van der Waals surface area contributed by atoms with Crippen molar-refractivity contribution in [2.75, 3.05) is 0 Å². The molecule has 0 bridgehead atoms. The third-order valence-corrected chi connectivity index (χ3v) is 5.11. The Morgan fingerprint density at radius 3 is 1.96 bits per heavy atom. The van der Waals surface area contributed by atoms with Crippen LogP contribution >= 0.6 is 0 Å². The van der Waals surface area contributed by atoms with Crippen LogP contribution in [0, 0.1) is 19.9 Å². The zero-order valence-corrected chi connectivity index (χ0v) is 13.9. The molecule has 0 nitrogen and oxygen atoms in total. The van der Waals surface area contributed by atoms with Crippen molar-refractivity contribution in [1.29, 1.82) is 0 Å². The summed E-state index contributed by atoms with van der Waals surface area (Å²) in [6, 6.07) is 27.9. The molecule has 0 aliphatic heterocycles. The first-order valence-electron chi connectivity index (χ1n) is 8.39. The largest absolute Gasteiger partial charge is 0.0610 e. The zero-order valence-electron chi connectivity index (χ0n) is 13.9. The molecule has 0 aliphatic carbocycles. The van der Waals surface area contributed by atoms with Crippen LogP contribution in [0.15, 0.2) is 66.7 Å². The molecule has 0 atom stereocenters. The molecule has 24 heavy (non-hydrogen) atoms. The molecule has 5 rings (SSSR count). The first kappa shape index (κ1) is 13.6. The van der Waals surface area contributed by atoms with Gasteiger partial charge in [0.05, 0.1) is 0 Å². The quantitative estimate of drug-likeness (QED) is 0.303. The Balaban J connectivity index is 1.97. The third-order valence-electron chi connectivity index (χ3n) is 5.11. The number of benzene rings is 5. The van der Waals surface area contributed by atoms with Gasteiger partial charge in [0.25, 0.3) is 0 Å². The van der Waals surface area contributed by atoms with Gasteiger partial charge < -0.3 is 0 Å². The van der Waals surface area contributed by atoms with Gasteiger partial charge in [0.15, 0.2) is 0 Å². The molecule has 0 amide bonds. The Morgan fingerprint density at radius 2 is 1.21 bits per heavy atom. The van der Waals surface area contributed by atoms with Crippen molar-refractivity contribution in [2.24, 2.45) is 0 Å². The van der Waals surface area contributed by atoms with Crippen molar-refractivity contribution in [3.05, 3.63) is 83.9 Å². The predicted octanol–water partition coefficient (Wildman–Crippen LogP) is 6.67. The summed E-state index contributed by atoms with van der Waals surface area (Å²) in [7, 11) is 0. The second-order valence-electron chi connectivity index (χ2n) is 6.65. The number of rotatable bonds is 1. The van der Waals surface area contributed by atoms with E-state index in [0.29, 0.717) is 0 Å². The molecule has 5 aromatic rings. The fourth-order valence-electron chi connectivity index (χ4n) is 4.00. The lowest BCUT2D eigenvalue weighted by molar-refractivity contribution is 1.37. The van der Waals surface area contributed by atoms with Crippen LogP contribution in [0.25, 0.3) is 43.4 Å². The average Bonchev–Trinajstić information content (AvgIpc) is 2.60. The third kappa shape index (κ3) is 1.80. The molecule has 0 unspecified atom stereocenters. The fourth-order valence-corrected chi connectivity index (χ4v) is 4.00. The smallest absolute Gasteiger partial charge is 0.00206 e. The normalized spacial score (nSPS) is 11.8. The van der Waals surface area contributed by atoms with E-state index in [0.717, 1.165) is 0 Å². The van der Waals surface area contributed by atoms with E-state index in [4.69, 9.17) is 0 Å². The van der Waals surface area contributed by atoms with Crippen LogP contribution in [0.1, 0.15) is 11.1 Å². The second-order valence-corrected chi connectivity index (χ2v) is 6.65. The van der Waals surface area contributed by atoms with Crippen LogP contribution in [0.3, 0.4) is 0 Å². The van der Waals surface area contributed by atoms with Crippen LogP contribution in [0.5, 0.6) is 0 Å². The van der Waals surface area contributed by atoms with Crippen LogP contribution in [-0.4, -0.2) is 0 Å². The summed E-state index contributed by atoms with van der Waals surface area (Å²) in [6.07, 6.45) is 0. The molecule has 0 aliphatic rings. The Morgan fingerprint density at radius 1 is 0.583 bits per heavy atom. The van der Waals surface area contributed by atoms with E-state index in [1.165, 1.54) is 54.6 Å². The minimum atomic E-state index is 1.19. The predicted molar refractivity (Wildman–Crippen MR) is 104 cm³/mol. The molecule has 113 valence electrons. The summed E-state index contributed by atoms with van der Waals surface area (Å²) in [4.78, 5) is 0. The van der Waals surface area contributed by atoms with Gasteiger partial charge >= 0.3 is 0 Å². The van der Waals surface area contributed by atoms with E-state index >= 15 is 0 Å². The van der Waals surface area contributed by atoms with Gasteiger partial charge in [0, 0.05) is 0 Å². The summed E-state index contributed by atoms with van der Waals surface area (Å²) in [5.74, 6) is 0. The van der Waals surface area contributed by atoms with Gasteiger partial charge in [-0.2, -0.15) is 0 Å². The van der Waals surface area contributed by atoms with Crippen LogP contribution in [-0.2, 0) is 0 Å². The monoisotopic (exact) mass is 305 g/mol. The van der Waals surface area contributed by atoms with Crippen molar-refractivity contribution in [1.82, 2.24) is 0 Å². The molecule has 0 saturated heterocycles. The Bertz CT molecular complexity index is 1200. The maximum Gasteiger partial charge on any atom is -0.00206 e. The molecule has 0 saturated carbocycles. The minimum Gasteiger partial charge on any atom is -0.0610 e. The van der Waals surface area contributed by atoms with E-state index in [1.54, 1.807) is 0 Å². The lowest BCUT2D eigenvalue weighted by atomic mass is 9.88. The van der Waals surface area contributed by atoms with Crippen molar-refractivity contribution >= 4 is 32.3 Å². The van der Waals surface area contributed by atoms with Gasteiger partial charge in [-0.1, -0.05) is 66.7 Å². The molecule has 0 N–H and O–H groups in total. The summed E-state index contributed by atoms with van der Waals surface area (Å²) in [6.45, 7) is 4.25. The summed E-state index contributed by atoms with van der Waals surface area (Å²) >= 11 is 0. The van der Waals surface area contributed by atoms with Crippen LogP contribution in [0.4, 0.5) is 0 Å². The number of hydrogen-bond acceptors (Lipinski definition) is 0. The topological polar surface area (TPSA) is 0 Å². The molecular formula is C24H17. The van der Waals surface area contributed by atoms with Crippen LogP contribution in [0.2, 0.25) is 0 Å². The molecule has 0 heterocycles. The number of hydrogen-bond donors (Lipinski definition) is 0. The van der Waals surface area contributed by atoms with E-state index in [1.807, 2.05) is 0 Å². The summed E-state index contributed by atoms with van der Waals surface area (Å²) < 4.78 is 0. The lowest BCUT2D eigenvalue weighted by Crippen LogP contribution is -1.89. The van der Waals surface area contributed by atoms with Crippen molar-refractivity contribution < 1.29 is 0 Å². The maximum atomic E-state index is 3.47. The highest BCUT2D eigenvalue weighted by molar-refractivity contribution is 6.25. The molecular weight excluding hydrogens is 288 g/mol. The summed E-state index contributed by atoms with van der Waals surface area (Å²) in [5, 5.41) is 8.03. The Kier molecular flexibility index (Phi) is 2.72. The number of aryl methyl sites for hydroxylation is 2. The van der Waals surface area contributed by atoms with Gasteiger partial charge in [0.1, 0.15) is 0 Å². The van der Waals surface area contributed by atoms with Crippen molar-refractivity contribution in [3.8, 4) is 11.1 Å². The molecule has 1 radical (unpaired) electrons. The maximum absolute atomic E-state index is 3.47. The highest BCUT2D eigenvalue weighted by Gasteiger charge is 2.12. The highest BCUT2D eigenvalue weighted by Crippen LogP contribution is 2.39. The van der Waals surface area contributed by atoms with Gasteiger partial charge in [-0.05, 0) is 74.5 Å². The minimum absolute atomic E-state index is 1.19. The van der Waals surface area contributed by atoms with Gasteiger partial charge in [-0.3, -0.25) is 0 Å². The second kappa shape index (κ2) is 4.82. The van der Waals surface area contributed by atoms with E-state index in [-0.39, 0.29) is 0 Å².